The Hall–Kier alpha value is -3.59. The number of imidazole rings is 1. The van der Waals surface area contributed by atoms with Gasteiger partial charge in [0.2, 0.25) is 5.95 Å². The number of hydrogen-bond acceptors (Lipinski definition) is 6. The van der Waals surface area contributed by atoms with Gasteiger partial charge in [0.15, 0.2) is 17.0 Å². The quantitative estimate of drug-likeness (QED) is 0.531. The highest BCUT2D eigenvalue weighted by atomic mass is 19.1. The van der Waals surface area contributed by atoms with Crippen LogP contribution in [-0.4, -0.2) is 45.8 Å². The molecule has 1 saturated heterocycles. The number of benzene rings is 2. The zero-order valence-corrected chi connectivity index (χ0v) is 16.6. The Labute approximate surface area is 177 Å². The number of ether oxygens (including phenoxy) is 1. The molecule has 9 heteroatoms. The first kappa shape index (κ1) is 19.4. The van der Waals surface area contributed by atoms with Crippen molar-refractivity contribution in [3.8, 4) is 5.69 Å². The van der Waals surface area contributed by atoms with Gasteiger partial charge >= 0.3 is 0 Å². The van der Waals surface area contributed by atoms with Gasteiger partial charge in [0.1, 0.15) is 18.0 Å². The maximum absolute atomic E-state index is 13.8. The molecule has 31 heavy (non-hydrogen) atoms. The first-order chi connectivity index (χ1) is 15.2. The van der Waals surface area contributed by atoms with Gasteiger partial charge in [-0.3, -0.25) is 4.57 Å². The highest BCUT2D eigenvalue weighted by Gasteiger charge is 2.20. The van der Waals surface area contributed by atoms with Crippen LogP contribution in [0, 0.1) is 11.6 Å². The fourth-order valence-corrected chi connectivity index (χ4v) is 3.56. The van der Waals surface area contributed by atoms with Crippen LogP contribution >= 0.6 is 0 Å². The van der Waals surface area contributed by atoms with Crippen LogP contribution in [0.4, 0.5) is 20.5 Å². The maximum atomic E-state index is 13.8. The molecule has 1 N–H and O–H groups in total. The van der Waals surface area contributed by atoms with Crippen molar-refractivity contribution in [1.82, 2.24) is 19.5 Å². The zero-order valence-electron chi connectivity index (χ0n) is 16.6. The van der Waals surface area contributed by atoms with Gasteiger partial charge in [-0.2, -0.15) is 9.97 Å². The summed E-state index contributed by atoms with van der Waals surface area (Å²) in [5.41, 5.74) is 2.51. The molecule has 5 rings (SSSR count). The minimum Gasteiger partial charge on any atom is -0.378 e. The van der Waals surface area contributed by atoms with Crippen LogP contribution in [0.5, 0.6) is 0 Å². The van der Waals surface area contributed by atoms with Gasteiger partial charge in [-0.25, -0.2) is 13.8 Å². The van der Waals surface area contributed by atoms with Crippen LogP contribution in [-0.2, 0) is 11.3 Å². The lowest BCUT2D eigenvalue weighted by Gasteiger charge is -2.27. The molecule has 3 heterocycles. The van der Waals surface area contributed by atoms with Crippen molar-refractivity contribution in [2.75, 3.05) is 36.5 Å². The summed E-state index contributed by atoms with van der Waals surface area (Å²) in [5, 5.41) is 3.26. The summed E-state index contributed by atoms with van der Waals surface area (Å²) in [4.78, 5) is 15.9. The third kappa shape index (κ3) is 4.04. The molecule has 4 aromatic rings. The van der Waals surface area contributed by atoms with Gasteiger partial charge < -0.3 is 15.0 Å². The fraction of sp³-hybridized carbons (Fsp3) is 0.227. The molecule has 0 aliphatic carbocycles. The van der Waals surface area contributed by atoms with Crippen molar-refractivity contribution in [2.45, 2.75) is 6.54 Å². The molecule has 1 aliphatic rings. The third-order valence-electron chi connectivity index (χ3n) is 5.11. The second kappa shape index (κ2) is 8.27. The fourth-order valence-electron chi connectivity index (χ4n) is 3.56. The lowest BCUT2D eigenvalue weighted by molar-refractivity contribution is 0.122. The summed E-state index contributed by atoms with van der Waals surface area (Å²) in [6.07, 6.45) is 1.60. The Morgan fingerprint density at radius 1 is 0.968 bits per heavy atom. The molecule has 2 aromatic heterocycles. The normalized spacial score (nSPS) is 14.2. The molecule has 158 valence electrons. The summed E-state index contributed by atoms with van der Waals surface area (Å²) in [5.74, 6) is 0.435. The Morgan fingerprint density at radius 3 is 2.52 bits per heavy atom. The van der Waals surface area contributed by atoms with E-state index in [1.54, 1.807) is 29.1 Å². The number of aromatic nitrogens is 4. The van der Waals surface area contributed by atoms with Gasteiger partial charge in [0.05, 0.1) is 18.9 Å². The van der Waals surface area contributed by atoms with Crippen molar-refractivity contribution < 1.29 is 13.5 Å². The lowest BCUT2D eigenvalue weighted by Crippen LogP contribution is -2.37. The van der Waals surface area contributed by atoms with Crippen LogP contribution in [0.3, 0.4) is 0 Å². The van der Waals surface area contributed by atoms with E-state index in [0.717, 1.165) is 5.56 Å². The molecular weight excluding hydrogens is 402 g/mol. The highest BCUT2D eigenvalue weighted by molar-refractivity contribution is 5.85. The Balaban J connectivity index is 1.57. The van der Waals surface area contributed by atoms with E-state index < -0.39 is 0 Å². The molecule has 0 saturated carbocycles. The Bertz CT molecular complexity index is 1220. The van der Waals surface area contributed by atoms with Crippen molar-refractivity contribution in [2.24, 2.45) is 0 Å². The zero-order chi connectivity index (χ0) is 21.2. The molecule has 7 nitrogen and oxygen atoms in total. The van der Waals surface area contributed by atoms with Crippen LogP contribution < -0.4 is 10.2 Å². The van der Waals surface area contributed by atoms with Crippen LogP contribution in [0.2, 0.25) is 0 Å². The largest absolute Gasteiger partial charge is 0.378 e. The molecule has 2 aromatic carbocycles. The number of morpholine rings is 1. The Kier molecular flexibility index (Phi) is 5.17. The number of anilines is 2. The standard InChI is InChI=1S/C22H20F2N6O/c23-16-4-1-3-15(11-16)13-25-20-19-21(28-22(27-20)29-7-9-31-10-8-29)30(14-26-19)18-6-2-5-17(24)12-18/h1-6,11-12,14H,7-10,13H2,(H,25,27,28). The van der Waals surface area contributed by atoms with Gasteiger partial charge in [-0.15, -0.1) is 0 Å². The van der Waals surface area contributed by atoms with Crippen molar-refractivity contribution >= 4 is 22.9 Å². The monoisotopic (exact) mass is 422 g/mol. The van der Waals surface area contributed by atoms with E-state index in [-0.39, 0.29) is 11.6 Å². The molecular formula is C22H20F2N6O. The van der Waals surface area contributed by atoms with E-state index in [1.807, 2.05) is 11.0 Å². The predicted molar refractivity (Wildman–Crippen MR) is 113 cm³/mol. The number of nitrogens with one attached hydrogen (secondary N) is 1. The van der Waals surface area contributed by atoms with Crippen LogP contribution in [0.15, 0.2) is 54.9 Å². The second-order valence-electron chi connectivity index (χ2n) is 7.22. The van der Waals surface area contributed by atoms with Crippen LogP contribution in [0.25, 0.3) is 16.9 Å². The summed E-state index contributed by atoms with van der Waals surface area (Å²) >= 11 is 0. The molecule has 1 aliphatic heterocycles. The van der Waals surface area contributed by atoms with Crippen molar-refractivity contribution in [1.29, 1.82) is 0 Å². The molecule has 0 bridgehead atoms. The summed E-state index contributed by atoms with van der Waals surface area (Å²) in [6, 6.07) is 12.6. The molecule has 1 fully saturated rings. The van der Waals surface area contributed by atoms with E-state index in [4.69, 9.17) is 14.7 Å². The molecule has 0 unspecified atom stereocenters. The molecule has 0 amide bonds. The number of fused-ring (bicyclic) bond motifs is 1. The van der Waals surface area contributed by atoms with Crippen LogP contribution in [0.1, 0.15) is 5.56 Å². The van der Waals surface area contributed by atoms with Gasteiger partial charge in [-0.1, -0.05) is 18.2 Å². The van der Waals surface area contributed by atoms with Gasteiger partial charge in [0.25, 0.3) is 0 Å². The van der Waals surface area contributed by atoms with E-state index in [1.165, 1.54) is 24.3 Å². The van der Waals surface area contributed by atoms with E-state index >= 15 is 0 Å². The number of hydrogen-bond donors (Lipinski definition) is 1. The average Bonchev–Trinajstić information content (AvgIpc) is 3.22. The summed E-state index contributed by atoms with van der Waals surface area (Å²) < 4.78 is 34.5. The lowest BCUT2D eigenvalue weighted by atomic mass is 10.2. The minimum absolute atomic E-state index is 0.295. The van der Waals surface area contributed by atoms with E-state index in [2.05, 4.69) is 10.3 Å². The van der Waals surface area contributed by atoms with E-state index in [9.17, 15) is 8.78 Å². The average molecular weight is 422 g/mol. The maximum Gasteiger partial charge on any atom is 0.229 e. The third-order valence-corrected chi connectivity index (χ3v) is 5.11. The number of halogens is 2. The first-order valence-corrected chi connectivity index (χ1v) is 9.99. The second-order valence-corrected chi connectivity index (χ2v) is 7.22. The van der Waals surface area contributed by atoms with Crippen molar-refractivity contribution in [3.63, 3.8) is 0 Å². The number of nitrogens with zero attached hydrogens (tertiary/aromatic N) is 5. The Morgan fingerprint density at radius 2 is 1.74 bits per heavy atom. The highest BCUT2D eigenvalue weighted by Crippen LogP contribution is 2.26. The minimum atomic E-state index is -0.341. The SMILES string of the molecule is Fc1cccc(CNc2nc(N3CCOCC3)nc3c2ncn3-c2cccc(F)c2)c1. The van der Waals surface area contributed by atoms with E-state index in [0.29, 0.717) is 61.5 Å². The predicted octanol–water partition coefficient (Wildman–Crippen LogP) is 3.54. The number of rotatable bonds is 5. The van der Waals surface area contributed by atoms with Gasteiger partial charge in [-0.05, 0) is 35.9 Å². The smallest absolute Gasteiger partial charge is 0.229 e. The first-order valence-electron chi connectivity index (χ1n) is 9.99. The van der Waals surface area contributed by atoms with Gasteiger partial charge in [0, 0.05) is 19.6 Å². The summed E-state index contributed by atoms with van der Waals surface area (Å²) in [6.45, 7) is 2.90. The summed E-state index contributed by atoms with van der Waals surface area (Å²) in [7, 11) is 0. The molecule has 0 atom stereocenters. The molecule has 0 radical (unpaired) electrons. The topological polar surface area (TPSA) is 68.1 Å². The van der Waals surface area contributed by atoms with Crippen molar-refractivity contribution in [3.05, 3.63) is 72.1 Å². The molecule has 0 spiro atoms.